The highest BCUT2D eigenvalue weighted by Gasteiger charge is 2.49. The van der Waals surface area contributed by atoms with E-state index >= 15 is 0 Å². The Hall–Kier alpha value is -1.99. The zero-order valence-electron chi connectivity index (χ0n) is 13.3. The number of rotatable bonds is 5. The van der Waals surface area contributed by atoms with Gasteiger partial charge in [0.1, 0.15) is 6.04 Å². The predicted molar refractivity (Wildman–Crippen MR) is 81.9 cm³/mol. The molecule has 3 aliphatic heterocycles. The maximum absolute atomic E-state index is 12.5. The summed E-state index contributed by atoms with van der Waals surface area (Å²) < 4.78 is 34.8. The van der Waals surface area contributed by atoms with Gasteiger partial charge in [-0.2, -0.15) is 13.5 Å². The number of hydroxylamine groups is 2. The third kappa shape index (κ3) is 3.82. The normalized spacial score (nSPS) is 27.6. The van der Waals surface area contributed by atoms with E-state index in [1.807, 2.05) is 0 Å². The van der Waals surface area contributed by atoms with Gasteiger partial charge >= 0.3 is 16.4 Å². The van der Waals surface area contributed by atoms with Gasteiger partial charge < -0.3 is 10.2 Å². The minimum absolute atomic E-state index is 0.105. The molecule has 0 aromatic carbocycles. The van der Waals surface area contributed by atoms with Crippen LogP contribution in [0.1, 0.15) is 25.7 Å². The fourth-order valence-corrected chi connectivity index (χ4v) is 3.88. The van der Waals surface area contributed by atoms with Crippen molar-refractivity contribution in [3.8, 4) is 0 Å². The van der Waals surface area contributed by atoms with Crippen LogP contribution in [0, 0.1) is 4.91 Å². The first-order valence-electron chi connectivity index (χ1n) is 7.94. The van der Waals surface area contributed by atoms with Crippen LogP contribution >= 0.6 is 0 Å². The third-order valence-electron chi connectivity index (χ3n) is 4.73. The molecular formula is C12H19N5O7S. The molecule has 25 heavy (non-hydrogen) atoms. The Morgan fingerprint density at radius 1 is 1.24 bits per heavy atom. The molecule has 2 bridgehead atoms. The summed E-state index contributed by atoms with van der Waals surface area (Å²) in [6.45, 7) is 1.07. The number of nitrogens with zero attached hydrogens (tertiary/aromatic N) is 4. The summed E-state index contributed by atoms with van der Waals surface area (Å²) in [6.07, 6.45) is 1.91. The topological polar surface area (TPSA) is 149 Å². The fourth-order valence-electron chi connectivity index (χ4n) is 3.49. The quantitative estimate of drug-likeness (QED) is 0.469. The molecule has 0 aliphatic carbocycles. The van der Waals surface area contributed by atoms with Gasteiger partial charge in [0.25, 0.3) is 0 Å². The lowest BCUT2D eigenvalue weighted by Gasteiger charge is -2.33. The van der Waals surface area contributed by atoms with Gasteiger partial charge in [0, 0.05) is 25.7 Å². The van der Waals surface area contributed by atoms with E-state index in [1.54, 1.807) is 0 Å². The summed E-state index contributed by atoms with van der Waals surface area (Å²) in [7, 11) is -4.81. The molecule has 3 heterocycles. The van der Waals surface area contributed by atoms with Gasteiger partial charge in [-0.25, -0.2) is 4.79 Å². The van der Waals surface area contributed by atoms with Crippen LogP contribution in [0.4, 0.5) is 4.79 Å². The molecule has 13 heteroatoms. The summed E-state index contributed by atoms with van der Waals surface area (Å²) in [5.74, 6) is -0.321. The van der Waals surface area contributed by atoms with E-state index < -0.39 is 28.5 Å². The number of hydrogen-bond donors (Lipinski definition) is 2. The minimum atomic E-state index is -4.81. The number of nitroso groups, excluding NO2 is 1. The SMILES string of the molecule is O=NN1CCC(NC(=O)[C@@H]2CC[C@@H]3CN2C(=O)N3OS(=O)(=O)O)CC1. The Balaban J connectivity index is 1.60. The van der Waals surface area contributed by atoms with Crippen molar-refractivity contribution in [1.29, 1.82) is 0 Å². The molecule has 12 nitrogen and oxygen atoms in total. The van der Waals surface area contributed by atoms with Gasteiger partial charge in [-0.3, -0.25) is 14.4 Å². The van der Waals surface area contributed by atoms with Crippen molar-refractivity contribution < 1.29 is 26.8 Å². The van der Waals surface area contributed by atoms with Crippen molar-refractivity contribution in [1.82, 2.24) is 20.3 Å². The molecule has 140 valence electrons. The molecule has 0 spiro atoms. The number of carbonyl (C=O) groups excluding carboxylic acids is 2. The van der Waals surface area contributed by atoms with Crippen molar-refractivity contribution in [2.45, 2.75) is 43.8 Å². The number of nitrogens with one attached hydrogen (secondary N) is 1. The summed E-state index contributed by atoms with van der Waals surface area (Å²) >= 11 is 0. The zero-order valence-corrected chi connectivity index (χ0v) is 14.1. The van der Waals surface area contributed by atoms with Gasteiger partial charge in [-0.15, -0.1) is 9.19 Å². The van der Waals surface area contributed by atoms with Gasteiger partial charge in [0.05, 0.1) is 11.3 Å². The molecule has 0 unspecified atom stereocenters. The van der Waals surface area contributed by atoms with Crippen LogP contribution in [-0.4, -0.2) is 77.6 Å². The molecule has 0 aromatic heterocycles. The van der Waals surface area contributed by atoms with Gasteiger partial charge in [-0.05, 0) is 25.7 Å². The van der Waals surface area contributed by atoms with Crippen LogP contribution in [0.25, 0.3) is 0 Å². The third-order valence-corrected chi connectivity index (χ3v) is 5.08. The first-order valence-corrected chi connectivity index (χ1v) is 9.30. The number of amides is 3. The lowest BCUT2D eigenvalue weighted by molar-refractivity contribution is -0.127. The van der Waals surface area contributed by atoms with Crippen molar-refractivity contribution >= 4 is 22.3 Å². The second-order valence-electron chi connectivity index (χ2n) is 6.33. The first-order chi connectivity index (χ1) is 11.8. The van der Waals surface area contributed by atoms with Gasteiger partial charge in [-0.1, -0.05) is 0 Å². The molecule has 3 saturated heterocycles. The van der Waals surface area contributed by atoms with E-state index in [2.05, 4.69) is 14.9 Å². The Labute approximate surface area is 143 Å². The number of urea groups is 1. The van der Waals surface area contributed by atoms with Crippen LogP contribution < -0.4 is 5.32 Å². The largest absolute Gasteiger partial charge is 0.418 e. The van der Waals surface area contributed by atoms with E-state index in [0.717, 1.165) is 0 Å². The second kappa shape index (κ2) is 6.72. The molecule has 2 atom stereocenters. The van der Waals surface area contributed by atoms with E-state index in [-0.39, 0.29) is 18.5 Å². The standard InChI is InChI=1S/C12H19N5O7S/c18-11(13-8-3-5-15(14-20)6-4-8)10-2-1-9-7-16(10)12(19)17(9)24-25(21,22)23/h8-10H,1-7H2,(H,13,18)(H,21,22,23)/t9-,10+/m1/s1. The summed E-state index contributed by atoms with van der Waals surface area (Å²) in [5.41, 5.74) is 0. The molecule has 3 rings (SSSR count). The number of fused-ring (bicyclic) bond motifs is 2. The van der Waals surface area contributed by atoms with Crippen LogP contribution in [0.2, 0.25) is 0 Å². The second-order valence-corrected chi connectivity index (χ2v) is 7.33. The number of carbonyl (C=O) groups is 2. The fraction of sp³-hybridized carbons (Fsp3) is 0.833. The van der Waals surface area contributed by atoms with Gasteiger partial charge in [0.2, 0.25) is 5.91 Å². The van der Waals surface area contributed by atoms with E-state index in [4.69, 9.17) is 4.55 Å². The highest BCUT2D eigenvalue weighted by atomic mass is 32.3. The maximum Gasteiger partial charge on any atom is 0.418 e. The van der Waals surface area contributed by atoms with Crippen LogP contribution in [0.15, 0.2) is 5.29 Å². The summed E-state index contributed by atoms with van der Waals surface area (Å²) in [6, 6.07) is -2.12. The first kappa shape index (κ1) is 17.8. The summed E-state index contributed by atoms with van der Waals surface area (Å²) in [4.78, 5) is 36.5. The Morgan fingerprint density at radius 3 is 2.52 bits per heavy atom. The molecule has 3 aliphatic rings. The molecule has 0 saturated carbocycles. The van der Waals surface area contributed by atoms with E-state index in [1.165, 1.54) is 9.91 Å². The highest BCUT2D eigenvalue weighted by Crippen LogP contribution is 2.30. The van der Waals surface area contributed by atoms with Crippen LogP contribution in [0.3, 0.4) is 0 Å². The molecule has 3 fully saturated rings. The Bertz CT molecular complexity index is 663. The van der Waals surface area contributed by atoms with Crippen molar-refractivity contribution in [3.63, 3.8) is 0 Å². The van der Waals surface area contributed by atoms with E-state index in [9.17, 15) is 22.9 Å². The maximum atomic E-state index is 12.5. The van der Waals surface area contributed by atoms with E-state index in [0.29, 0.717) is 43.8 Å². The number of piperidine rings is 2. The zero-order chi connectivity index (χ0) is 18.2. The number of hydrogen-bond acceptors (Lipinski definition) is 7. The van der Waals surface area contributed by atoms with Crippen LogP contribution in [0.5, 0.6) is 0 Å². The summed E-state index contributed by atoms with van der Waals surface area (Å²) in [5, 5.41) is 7.73. The molecule has 2 N–H and O–H groups in total. The van der Waals surface area contributed by atoms with Crippen LogP contribution in [-0.2, 0) is 19.5 Å². The molecule has 0 radical (unpaired) electrons. The molecule has 0 aromatic rings. The lowest BCUT2D eigenvalue weighted by atomic mass is 9.99. The Morgan fingerprint density at radius 2 is 1.92 bits per heavy atom. The Kier molecular flexibility index (Phi) is 4.79. The van der Waals surface area contributed by atoms with Crippen molar-refractivity contribution in [3.05, 3.63) is 4.91 Å². The van der Waals surface area contributed by atoms with Crippen molar-refractivity contribution in [2.24, 2.45) is 5.29 Å². The van der Waals surface area contributed by atoms with Gasteiger partial charge in [0.15, 0.2) is 0 Å². The predicted octanol–water partition coefficient (Wildman–Crippen LogP) is -0.749. The highest BCUT2D eigenvalue weighted by molar-refractivity contribution is 7.80. The lowest BCUT2D eigenvalue weighted by Crippen LogP contribution is -2.53. The minimum Gasteiger partial charge on any atom is -0.351 e. The molecule has 3 amide bonds. The monoisotopic (exact) mass is 377 g/mol. The van der Waals surface area contributed by atoms with Crippen molar-refractivity contribution in [2.75, 3.05) is 19.6 Å². The average molecular weight is 377 g/mol. The molecular weight excluding hydrogens is 358 g/mol. The average Bonchev–Trinajstić information content (AvgIpc) is 2.79. The smallest absolute Gasteiger partial charge is 0.351 e.